The van der Waals surface area contributed by atoms with Crippen LogP contribution in [0.25, 0.3) is 0 Å². The first-order valence-corrected chi connectivity index (χ1v) is 6.37. The van der Waals surface area contributed by atoms with E-state index in [9.17, 15) is 13.6 Å². The standard InChI is InChI=1S/C14H19F2NO2/c1-10(17-14(19)7-2-3-8-18)9-11-12(15)5-4-6-13(11)16/h4-6,10,18H,2-3,7-9H2,1H3,(H,17,19). The van der Waals surface area contributed by atoms with Crippen molar-refractivity contribution in [1.82, 2.24) is 5.32 Å². The van der Waals surface area contributed by atoms with E-state index in [2.05, 4.69) is 5.32 Å². The van der Waals surface area contributed by atoms with Gasteiger partial charge in [0.15, 0.2) is 0 Å². The number of carbonyl (C=O) groups excluding carboxylic acids is 1. The number of halogens is 2. The normalized spacial score (nSPS) is 12.2. The van der Waals surface area contributed by atoms with Gasteiger partial charge < -0.3 is 10.4 Å². The molecule has 1 amide bonds. The molecule has 1 aromatic carbocycles. The molecule has 0 heterocycles. The fourth-order valence-corrected chi connectivity index (χ4v) is 1.83. The molecular weight excluding hydrogens is 252 g/mol. The number of aliphatic hydroxyl groups is 1. The first-order valence-electron chi connectivity index (χ1n) is 6.37. The van der Waals surface area contributed by atoms with Crippen LogP contribution in [0.5, 0.6) is 0 Å². The Balaban J connectivity index is 2.46. The van der Waals surface area contributed by atoms with Crippen molar-refractivity contribution < 1.29 is 18.7 Å². The summed E-state index contributed by atoms with van der Waals surface area (Å²) in [5.74, 6) is -1.36. The molecule has 0 saturated carbocycles. The number of benzene rings is 1. The summed E-state index contributed by atoms with van der Waals surface area (Å²) in [4.78, 5) is 11.5. The van der Waals surface area contributed by atoms with Crippen molar-refractivity contribution in [2.45, 2.75) is 38.6 Å². The Morgan fingerprint density at radius 2 is 1.95 bits per heavy atom. The van der Waals surface area contributed by atoms with Crippen LogP contribution in [0.2, 0.25) is 0 Å². The van der Waals surface area contributed by atoms with Crippen LogP contribution in [0, 0.1) is 11.6 Å². The Morgan fingerprint density at radius 1 is 1.32 bits per heavy atom. The molecule has 0 saturated heterocycles. The van der Waals surface area contributed by atoms with Gasteiger partial charge >= 0.3 is 0 Å². The highest BCUT2D eigenvalue weighted by Gasteiger charge is 2.14. The Hall–Kier alpha value is -1.49. The first kappa shape index (κ1) is 15.6. The van der Waals surface area contributed by atoms with Gasteiger partial charge in [0.05, 0.1) is 0 Å². The SMILES string of the molecule is CC(Cc1c(F)cccc1F)NC(=O)CCCCO. The fourth-order valence-electron chi connectivity index (χ4n) is 1.83. The van der Waals surface area contributed by atoms with Gasteiger partial charge in [-0.3, -0.25) is 4.79 Å². The third-order valence-electron chi connectivity index (χ3n) is 2.79. The summed E-state index contributed by atoms with van der Waals surface area (Å²) in [5.41, 5.74) is -0.00865. The van der Waals surface area contributed by atoms with Gasteiger partial charge in [0.25, 0.3) is 0 Å². The Morgan fingerprint density at radius 3 is 2.53 bits per heavy atom. The lowest BCUT2D eigenvalue weighted by atomic mass is 10.1. The minimum absolute atomic E-state index is 0.00865. The molecule has 0 radical (unpaired) electrons. The van der Waals surface area contributed by atoms with Crippen LogP contribution in [0.1, 0.15) is 31.7 Å². The summed E-state index contributed by atoms with van der Waals surface area (Å²) in [5, 5.41) is 11.3. The molecule has 1 aromatic rings. The second-order valence-electron chi connectivity index (χ2n) is 4.55. The van der Waals surface area contributed by atoms with Crippen LogP contribution in [0.15, 0.2) is 18.2 Å². The van der Waals surface area contributed by atoms with Gasteiger partial charge in [0.1, 0.15) is 11.6 Å². The maximum atomic E-state index is 13.4. The van der Waals surface area contributed by atoms with Crippen molar-refractivity contribution in [2.24, 2.45) is 0 Å². The van der Waals surface area contributed by atoms with E-state index >= 15 is 0 Å². The van der Waals surface area contributed by atoms with Crippen LogP contribution < -0.4 is 5.32 Å². The zero-order valence-corrected chi connectivity index (χ0v) is 11.0. The summed E-state index contributed by atoms with van der Waals surface area (Å²) in [6.07, 6.45) is 1.60. The number of rotatable bonds is 7. The third-order valence-corrected chi connectivity index (χ3v) is 2.79. The highest BCUT2D eigenvalue weighted by molar-refractivity contribution is 5.76. The molecule has 0 bridgehead atoms. The van der Waals surface area contributed by atoms with Crippen molar-refractivity contribution in [2.75, 3.05) is 6.61 Å². The average molecular weight is 271 g/mol. The molecule has 3 nitrogen and oxygen atoms in total. The van der Waals surface area contributed by atoms with Gasteiger partial charge in [-0.25, -0.2) is 8.78 Å². The largest absolute Gasteiger partial charge is 0.396 e. The molecule has 0 aliphatic carbocycles. The Labute approximate surface area is 111 Å². The second-order valence-corrected chi connectivity index (χ2v) is 4.55. The molecule has 106 valence electrons. The molecular formula is C14H19F2NO2. The summed E-state index contributed by atoms with van der Waals surface area (Å²) in [7, 11) is 0. The molecule has 0 aromatic heterocycles. The van der Waals surface area contributed by atoms with Gasteiger partial charge in [-0.1, -0.05) is 6.07 Å². The highest BCUT2D eigenvalue weighted by Crippen LogP contribution is 2.14. The quantitative estimate of drug-likeness (QED) is 0.747. The zero-order valence-electron chi connectivity index (χ0n) is 11.0. The number of amides is 1. The Bertz CT molecular complexity index is 404. The predicted molar refractivity (Wildman–Crippen MR) is 68.6 cm³/mol. The second kappa shape index (κ2) is 7.84. The minimum atomic E-state index is -0.596. The molecule has 1 atom stereocenters. The van der Waals surface area contributed by atoms with E-state index in [0.717, 1.165) is 0 Å². The van der Waals surface area contributed by atoms with E-state index in [1.165, 1.54) is 18.2 Å². The number of hydrogen-bond acceptors (Lipinski definition) is 2. The molecule has 0 spiro atoms. The van der Waals surface area contributed by atoms with Crippen molar-refractivity contribution >= 4 is 5.91 Å². The van der Waals surface area contributed by atoms with Crippen LogP contribution in [0.3, 0.4) is 0 Å². The monoisotopic (exact) mass is 271 g/mol. The molecule has 0 aliphatic rings. The summed E-state index contributed by atoms with van der Waals surface area (Å²) >= 11 is 0. The molecule has 0 fully saturated rings. The van der Waals surface area contributed by atoms with E-state index < -0.39 is 11.6 Å². The zero-order chi connectivity index (χ0) is 14.3. The first-order chi connectivity index (χ1) is 9.04. The average Bonchev–Trinajstić information content (AvgIpc) is 2.34. The molecule has 2 N–H and O–H groups in total. The van der Waals surface area contributed by atoms with Crippen molar-refractivity contribution in [1.29, 1.82) is 0 Å². The minimum Gasteiger partial charge on any atom is -0.396 e. The van der Waals surface area contributed by atoms with Crippen LogP contribution in [-0.4, -0.2) is 23.7 Å². The number of hydrogen-bond donors (Lipinski definition) is 2. The van der Waals surface area contributed by atoms with Crippen molar-refractivity contribution in [3.63, 3.8) is 0 Å². The van der Waals surface area contributed by atoms with Gasteiger partial charge in [-0.05, 0) is 38.3 Å². The summed E-state index contributed by atoms with van der Waals surface area (Å²) in [6, 6.07) is 3.38. The van der Waals surface area contributed by atoms with Crippen molar-refractivity contribution in [3.8, 4) is 0 Å². The van der Waals surface area contributed by atoms with E-state index in [1.807, 2.05) is 0 Å². The highest BCUT2D eigenvalue weighted by atomic mass is 19.1. The van der Waals surface area contributed by atoms with E-state index in [4.69, 9.17) is 5.11 Å². The summed E-state index contributed by atoms with van der Waals surface area (Å²) < 4.78 is 26.8. The van der Waals surface area contributed by atoms with Crippen LogP contribution >= 0.6 is 0 Å². The third kappa shape index (κ3) is 5.34. The van der Waals surface area contributed by atoms with Gasteiger partial charge in [0, 0.05) is 24.6 Å². The maximum absolute atomic E-state index is 13.4. The molecule has 0 aliphatic heterocycles. The Kier molecular flexibility index (Phi) is 6.42. The number of carbonyl (C=O) groups is 1. The molecule has 19 heavy (non-hydrogen) atoms. The van der Waals surface area contributed by atoms with Crippen molar-refractivity contribution in [3.05, 3.63) is 35.4 Å². The fraction of sp³-hybridized carbons (Fsp3) is 0.500. The van der Waals surface area contributed by atoms with E-state index in [0.29, 0.717) is 19.3 Å². The van der Waals surface area contributed by atoms with Gasteiger partial charge in [0.2, 0.25) is 5.91 Å². The number of unbranched alkanes of at least 4 members (excludes halogenated alkanes) is 1. The summed E-state index contributed by atoms with van der Waals surface area (Å²) in [6.45, 7) is 1.76. The number of aliphatic hydroxyl groups excluding tert-OH is 1. The van der Waals surface area contributed by atoms with Crippen LogP contribution in [0.4, 0.5) is 8.78 Å². The van der Waals surface area contributed by atoms with E-state index in [-0.39, 0.29) is 30.5 Å². The van der Waals surface area contributed by atoms with Gasteiger partial charge in [-0.15, -0.1) is 0 Å². The lowest BCUT2D eigenvalue weighted by Gasteiger charge is -2.14. The lowest BCUT2D eigenvalue weighted by molar-refractivity contribution is -0.121. The van der Waals surface area contributed by atoms with Gasteiger partial charge in [-0.2, -0.15) is 0 Å². The maximum Gasteiger partial charge on any atom is 0.220 e. The smallest absolute Gasteiger partial charge is 0.220 e. The predicted octanol–water partition coefficient (Wildman–Crippen LogP) is 2.17. The topological polar surface area (TPSA) is 49.3 Å². The number of nitrogens with one attached hydrogen (secondary N) is 1. The lowest BCUT2D eigenvalue weighted by Crippen LogP contribution is -2.34. The molecule has 1 rings (SSSR count). The molecule has 5 heteroatoms. The molecule has 1 unspecified atom stereocenters. The van der Waals surface area contributed by atoms with Crippen LogP contribution in [-0.2, 0) is 11.2 Å². The van der Waals surface area contributed by atoms with E-state index in [1.54, 1.807) is 6.92 Å².